The van der Waals surface area contributed by atoms with Gasteiger partial charge in [-0.2, -0.15) is 4.72 Å². The zero-order chi connectivity index (χ0) is 21.7. The first-order valence-corrected chi connectivity index (χ1v) is 11.5. The first-order valence-electron chi connectivity index (χ1n) is 9.21. The minimum absolute atomic E-state index is 0.0796. The van der Waals surface area contributed by atoms with Crippen LogP contribution in [0.4, 0.5) is 9.52 Å². The maximum atomic E-state index is 14.1. The van der Waals surface area contributed by atoms with Gasteiger partial charge in [-0.25, -0.2) is 12.8 Å². The number of carbonyl (C=O) groups excluding carboxylic acids is 1. The van der Waals surface area contributed by atoms with E-state index in [2.05, 4.69) is 20.2 Å². The normalized spacial score (nSPS) is 12.7. The SMILES string of the molecule is CC(C)c1nnc(NC(=O)[C@@H](Cc2ccccc2)NS(=O)(=O)c2ccccc2F)s1. The summed E-state index contributed by atoms with van der Waals surface area (Å²) < 4.78 is 41.9. The van der Waals surface area contributed by atoms with Gasteiger partial charge in [0.25, 0.3) is 0 Å². The van der Waals surface area contributed by atoms with Crippen LogP contribution in [-0.2, 0) is 21.2 Å². The molecule has 2 N–H and O–H groups in total. The lowest BCUT2D eigenvalue weighted by molar-refractivity contribution is -0.117. The Balaban J connectivity index is 1.86. The maximum absolute atomic E-state index is 14.1. The minimum atomic E-state index is -4.27. The van der Waals surface area contributed by atoms with Gasteiger partial charge in [0.2, 0.25) is 21.1 Å². The summed E-state index contributed by atoms with van der Waals surface area (Å²) in [6.07, 6.45) is 0.0796. The number of sulfonamides is 1. The summed E-state index contributed by atoms with van der Waals surface area (Å²) in [6.45, 7) is 3.90. The van der Waals surface area contributed by atoms with Crippen molar-refractivity contribution in [1.82, 2.24) is 14.9 Å². The second-order valence-electron chi connectivity index (χ2n) is 6.88. The summed E-state index contributed by atoms with van der Waals surface area (Å²) in [5, 5.41) is 11.6. The number of anilines is 1. The van der Waals surface area contributed by atoms with E-state index >= 15 is 0 Å². The molecule has 1 atom stereocenters. The molecule has 0 aliphatic rings. The van der Waals surface area contributed by atoms with Crippen LogP contribution in [0.1, 0.15) is 30.3 Å². The van der Waals surface area contributed by atoms with Gasteiger partial charge in [0.05, 0.1) is 0 Å². The molecule has 3 rings (SSSR count). The van der Waals surface area contributed by atoms with Crippen LogP contribution in [0.5, 0.6) is 0 Å². The third kappa shape index (κ3) is 5.47. The molecule has 158 valence electrons. The van der Waals surface area contributed by atoms with Crippen molar-refractivity contribution in [3.05, 3.63) is 71.0 Å². The van der Waals surface area contributed by atoms with Gasteiger partial charge < -0.3 is 0 Å². The number of rotatable bonds is 8. The summed E-state index contributed by atoms with van der Waals surface area (Å²) in [5.41, 5.74) is 0.744. The molecule has 0 aliphatic carbocycles. The number of nitrogens with one attached hydrogen (secondary N) is 2. The van der Waals surface area contributed by atoms with E-state index in [0.717, 1.165) is 22.7 Å². The van der Waals surface area contributed by atoms with Crippen molar-refractivity contribution in [2.75, 3.05) is 5.32 Å². The second kappa shape index (κ2) is 9.41. The van der Waals surface area contributed by atoms with Crippen LogP contribution >= 0.6 is 11.3 Å². The molecule has 0 fully saturated rings. The van der Waals surface area contributed by atoms with Gasteiger partial charge in [0.1, 0.15) is 21.8 Å². The van der Waals surface area contributed by atoms with Gasteiger partial charge in [0.15, 0.2) is 0 Å². The average Bonchev–Trinajstić information content (AvgIpc) is 3.17. The minimum Gasteiger partial charge on any atom is -0.299 e. The fourth-order valence-electron chi connectivity index (χ4n) is 2.66. The van der Waals surface area contributed by atoms with E-state index in [1.54, 1.807) is 24.3 Å². The van der Waals surface area contributed by atoms with Crippen molar-refractivity contribution in [3.8, 4) is 0 Å². The lowest BCUT2D eigenvalue weighted by atomic mass is 10.1. The Morgan fingerprint density at radius 3 is 2.37 bits per heavy atom. The smallest absolute Gasteiger partial charge is 0.244 e. The molecule has 1 aromatic heterocycles. The molecule has 0 aliphatic heterocycles. The van der Waals surface area contributed by atoms with Gasteiger partial charge in [-0.1, -0.05) is 67.6 Å². The molecular formula is C20H21FN4O3S2. The molecular weight excluding hydrogens is 427 g/mol. The zero-order valence-electron chi connectivity index (χ0n) is 16.4. The highest BCUT2D eigenvalue weighted by molar-refractivity contribution is 7.89. The average molecular weight is 449 g/mol. The van der Waals surface area contributed by atoms with E-state index in [1.165, 1.54) is 23.5 Å². The summed E-state index contributed by atoms with van der Waals surface area (Å²) in [4.78, 5) is 12.4. The van der Waals surface area contributed by atoms with Crippen molar-refractivity contribution in [2.24, 2.45) is 0 Å². The Morgan fingerprint density at radius 2 is 1.73 bits per heavy atom. The van der Waals surface area contributed by atoms with Gasteiger partial charge >= 0.3 is 0 Å². The van der Waals surface area contributed by atoms with Crippen LogP contribution in [0.2, 0.25) is 0 Å². The summed E-state index contributed by atoms with van der Waals surface area (Å²) >= 11 is 1.22. The number of amides is 1. The Hall–Kier alpha value is -2.69. The third-order valence-electron chi connectivity index (χ3n) is 4.19. The first-order chi connectivity index (χ1) is 14.3. The number of hydrogen-bond acceptors (Lipinski definition) is 6. The lowest BCUT2D eigenvalue weighted by Crippen LogP contribution is -2.45. The summed E-state index contributed by atoms with van der Waals surface area (Å²) in [6, 6.07) is 12.8. The molecule has 0 saturated carbocycles. The van der Waals surface area contributed by atoms with Crippen molar-refractivity contribution < 1.29 is 17.6 Å². The molecule has 3 aromatic rings. The Morgan fingerprint density at radius 1 is 1.07 bits per heavy atom. The van der Waals surface area contributed by atoms with Crippen LogP contribution in [0.3, 0.4) is 0 Å². The largest absolute Gasteiger partial charge is 0.299 e. The quantitative estimate of drug-likeness (QED) is 0.551. The number of carbonyl (C=O) groups is 1. The second-order valence-corrected chi connectivity index (χ2v) is 9.57. The molecule has 1 amide bonds. The molecule has 0 unspecified atom stereocenters. The number of hydrogen-bond donors (Lipinski definition) is 2. The van der Waals surface area contributed by atoms with E-state index < -0.39 is 32.7 Å². The predicted molar refractivity (Wildman–Crippen MR) is 113 cm³/mol. The van der Waals surface area contributed by atoms with E-state index in [4.69, 9.17) is 0 Å². The summed E-state index contributed by atoms with van der Waals surface area (Å²) in [5.74, 6) is -1.35. The lowest BCUT2D eigenvalue weighted by Gasteiger charge is -2.18. The molecule has 0 spiro atoms. The number of nitrogens with zero attached hydrogens (tertiary/aromatic N) is 2. The maximum Gasteiger partial charge on any atom is 0.244 e. The van der Waals surface area contributed by atoms with Crippen molar-refractivity contribution in [1.29, 1.82) is 0 Å². The number of benzene rings is 2. The number of halogens is 1. The van der Waals surface area contributed by atoms with Crippen LogP contribution < -0.4 is 10.0 Å². The number of aromatic nitrogens is 2. The van der Waals surface area contributed by atoms with E-state index in [-0.39, 0.29) is 17.5 Å². The molecule has 0 radical (unpaired) electrons. The van der Waals surface area contributed by atoms with Crippen molar-refractivity contribution in [2.45, 2.75) is 37.1 Å². The fraction of sp³-hybridized carbons (Fsp3) is 0.250. The van der Waals surface area contributed by atoms with Gasteiger partial charge in [-0.15, -0.1) is 10.2 Å². The highest BCUT2D eigenvalue weighted by Crippen LogP contribution is 2.23. The third-order valence-corrected chi connectivity index (χ3v) is 6.83. The van der Waals surface area contributed by atoms with Crippen LogP contribution in [0.25, 0.3) is 0 Å². The monoisotopic (exact) mass is 448 g/mol. The highest BCUT2D eigenvalue weighted by Gasteiger charge is 2.28. The topological polar surface area (TPSA) is 101 Å². The van der Waals surface area contributed by atoms with Crippen molar-refractivity contribution in [3.63, 3.8) is 0 Å². The van der Waals surface area contributed by atoms with Crippen molar-refractivity contribution >= 4 is 32.4 Å². The van der Waals surface area contributed by atoms with Gasteiger partial charge in [-0.3, -0.25) is 10.1 Å². The van der Waals surface area contributed by atoms with Crippen LogP contribution in [0, 0.1) is 5.82 Å². The highest BCUT2D eigenvalue weighted by atomic mass is 32.2. The van der Waals surface area contributed by atoms with E-state index in [0.29, 0.717) is 0 Å². The fourth-order valence-corrected chi connectivity index (χ4v) is 4.69. The molecule has 0 bridgehead atoms. The Bertz CT molecular complexity index is 1120. The first kappa shape index (κ1) is 22.0. The zero-order valence-corrected chi connectivity index (χ0v) is 18.0. The van der Waals surface area contributed by atoms with Gasteiger partial charge in [-0.05, 0) is 24.1 Å². The van der Waals surface area contributed by atoms with E-state index in [1.807, 2.05) is 19.9 Å². The Labute approximate surface area is 178 Å². The molecule has 30 heavy (non-hydrogen) atoms. The van der Waals surface area contributed by atoms with Crippen LogP contribution in [0.15, 0.2) is 59.5 Å². The molecule has 2 aromatic carbocycles. The summed E-state index contributed by atoms with van der Waals surface area (Å²) in [7, 11) is -4.27. The standard InChI is InChI=1S/C20H21FN4O3S2/c1-13(2)19-23-24-20(29-19)22-18(26)16(12-14-8-4-3-5-9-14)25-30(27,28)17-11-7-6-10-15(17)21/h3-11,13,16,25H,12H2,1-2H3,(H,22,24,26)/t16-/m1/s1. The van der Waals surface area contributed by atoms with E-state index in [9.17, 15) is 17.6 Å². The van der Waals surface area contributed by atoms with Crippen LogP contribution in [-0.4, -0.2) is 30.6 Å². The predicted octanol–water partition coefficient (Wildman–Crippen LogP) is 3.33. The molecule has 1 heterocycles. The molecule has 7 nitrogen and oxygen atoms in total. The molecule has 10 heteroatoms. The van der Waals surface area contributed by atoms with Gasteiger partial charge in [0, 0.05) is 5.92 Å². The Kier molecular flexibility index (Phi) is 6.91. The molecule has 0 saturated heterocycles.